The molecule has 0 fully saturated rings. The van der Waals surface area contributed by atoms with E-state index in [9.17, 15) is 4.79 Å². The van der Waals surface area contributed by atoms with Crippen molar-refractivity contribution in [2.75, 3.05) is 0 Å². The average Bonchev–Trinajstić information content (AvgIpc) is 2.18. The number of carboxylic acid groups (broad SMARTS) is 1. The number of aryl methyl sites for hydroxylation is 1. The Kier molecular flexibility index (Phi) is 3.92. The van der Waals surface area contributed by atoms with Gasteiger partial charge in [-0.25, -0.2) is 0 Å². The standard InChI is InChI=1S/C12H14O2/c1-2-10-6-3-4-7-11(10)8-5-9-12(13)14/h2-4,6-7H,1,5,8-9H2,(H,13,14). The number of carboxylic acids is 1. The van der Waals surface area contributed by atoms with Gasteiger partial charge in [-0.1, -0.05) is 36.9 Å². The maximum absolute atomic E-state index is 10.3. The predicted octanol–water partition coefficient (Wildman–Crippen LogP) is 2.74. The van der Waals surface area contributed by atoms with E-state index in [-0.39, 0.29) is 6.42 Å². The number of aliphatic carboxylic acids is 1. The molecule has 0 heterocycles. The fourth-order valence-electron chi connectivity index (χ4n) is 1.39. The summed E-state index contributed by atoms with van der Waals surface area (Å²) < 4.78 is 0. The topological polar surface area (TPSA) is 37.3 Å². The normalized spacial score (nSPS) is 9.71. The molecule has 2 nitrogen and oxygen atoms in total. The average molecular weight is 190 g/mol. The summed E-state index contributed by atoms with van der Waals surface area (Å²) in [6.45, 7) is 3.72. The summed E-state index contributed by atoms with van der Waals surface area (Å²) >= 11 is 0. The van der Waals surface area contributed by atoms with Crippen LogP contribution in [0.2, 0.25) is 0 Å². The lowest BCUT2D eigenvalue weighted by molar-refractivity contribution is -0.137. The molecule has 0 bridgehead atoms. The first-order chi connectivity index (χ1) is 6.74. The minimum Gasteiger partial charge on any atom is -0.481 e. The molecule has 1 rings (SSSR count). The van der Waals surface area contributed by atoms with Crippen LogP contribution in [0.4, 0.5) is 0 Å². The van der Waals surface area contributed by atoms with Crippen LogP contribution in [-0.2, 0) is 11.2 Å². The van der Waals surface area contributed by atoms with Crippen LogP contribution in [0.5, 0.6) is 0 Å². The number of benzene rings is 1. The Labute approximate surface area is 83.9 Å². The number of hydrogen-bond acceptors (Lipinski definition) is 1. The maximum Gasteiger partial charge on any atom is 0.303 e. The molecular weight excluding hydrogens is 176 g/mol. The molecule has 0 saturated heterocycles. The molecule has 0 aliphatic rings. The second-order valence-electron chi connectivity index (χ2n) is 3.15. The van der Waals surface area contributed by atoms with E-state index in [1.54, 1.807) is 6.08 Å². The first kappa shape index (κ1) is 10.5. The second kappa shape index (κ2) is 5.22. The molecular formula is C12H14O2. The van der Waals surface area contributed by atoms with Gasteiger partial charge in [-0.2, -0.15) is 0 Å². The van der Waals surface area contributed by atoms with Crippen LogP contribution in [-0.4, -0.2) is 11.1 Å². The number of hydrogen-bond donors (Lipinski definition) is 1. The Hall–Kier alpha value is -1.57. The molecule has 0 spiro atoms. The Balaban J connectivity index is 2.57. The van der Waals surface area contributed by atoms with Crippen molar-refractivity contribution in [1.82, 2.24) is 0 Å². The van der Waals surface area contributed by atoms with Gasteiger partial charge in [-0.05, 0) is 24.0 Å². The van der Waals surface area contributed by atoms with Crippen LogP contribution in [0.1, 0.15) is 24.0 Å². The lowest BCUT2D eigenvalue weighted by Gasteiger charge is -2.03. The summed E-state index contributed by atoms with van der Waals surface area (Å²) in [6, 6.07) is 7.92. The molecule has 0 atom stereocenters. The Morgan fingerprint density at radius 2 is 2.14 bits per heavy atom. The molecule has 1 aromatic carbocycles. The van der Waals surface area contributed by atoms with Crippen LogP contribution in [0.15, 0.2) is 30.8 Å². The summed E-state index contributed by atoms with van der Waals surface area (Å²) in [5.41, 5.74) is 2.27. The fourth-order valence-corrected chi connectivity index (χ4v) is 1.39. The minimum atomic E-state index is -0.735. The van der Waals surface area contributed by atoms with E-state index in [4.69, 9.17) is 5.11 Å². The molecule has 0 aliphatic heterocycles. The van der Waals surface area contributed by atoms with Crippen molar-refractivity contribution in [1.29, 1.82) is 0 Å². The van der Waals surface area contributed by atoms with E-state index in [0.29, 0.717) is 6.42 Å². The zero-order valence-corrected chi connectivity index (χ0v) is 8.07. The lowest BCUT2D eigenvalue weighted by atomic mass is 10.0. The van der Waals surface area contributed by atoms with Gasteiger partial charge in [0, 0.05) is 6.42 Å². The van der Waals surface area contributed by atoms with Crippen molar-refractivity contribution in [3.8, 4) is 0 Å². The van der Waals surface area contributed by atoms with Crippen molar-refractivity contribution in [3.63, 3.8) is 0 Å². The molecule has 0 radical (unpaired) electrons. The highest BCUT2D eigenvalue weighted by molar-refractivity contribution is 5.66. The van der Waals surface area contributed by atoms with Crippen LogP contribution >= 0.6 is 0 Å². The smallest absolute Gasteiger partial charge is 0.303 e. The maximum atomic E-state index is 10.3. The molecule has 1 aromatic rings. The van der Waals surface area contributed by atoms with Crippen molar-refractivity contribution in [3.05, 3.63) is 42.0 Å². The third-order valence-electron chi connectivity index (χ3n) is 2.11. The van der Waals surface area contributed by atoms with Gasteiger partial charge >= 0.3 is 5.97 Å². The van der Waals surface area contributed by atoms with Gasteiger partial charge in [0.2, 0.25) is 0 Å². The third kappa shape index (κ3) is 3.05. The van der Waals surface area contributed by atoms with Gasteiger partial charge in [0.05, 0.1) is 0 Å². The molecule has 1 N–H and O–H groups in total. The zero-order valence-electron chi connectivity index (χ0n) is 8.07. The van der Waals surface area contributed by atoms with E-state index >= 15 is 0 Å². The SMILES string of the molecule is C=Cc1ccccc1CCCC(=O)O. The molecule has 14 heavy (non-hydrogen) atoms. The summed E-state index contributed by atoms with van der Waals surface area (Å²) in [5, 5.41) is 8.50. The quantitative estimate of drug-likeness (QED) is 0.775. The second-order valence-corrected chi connectivity index (χ2v) is 3.15. The molecule has 0 unspecified atom stereocenters. The van der Waals surface area contributed by atoms with E-state index in [1.807, 2.05) is 24.3 Å². The largest absolute Gasteiger partial charge is 0.481 e. The molecule has 0 saturated carbocycles. The van der Waals surface area contributed by atoms with Crippen LogP contribution < -0.4 is 0 Å². The van der Waals surface area contributed by atoms with Crippen molar-refractivity contribution in [2.45, 2.75) is 19.3 Å². The van der Waals surface area contributed by atoms with Crippen LogP contribution in [0, 0.1) is 0 Å². The molecule has 0 amide bonds. The highest BCUT2D eigenvalue weighted by atomic mass is 16.4. The molecule has 0 aliphatic carbocycles. The fraction of sp³-hybridized carbons (Fsp3) is 0.250. The molecule has 2 heteroatoms. The summed E-state index contributed by atoms with van der Waals surface area (Å²) in [6.07, 6.45) is 3.51. The Morgan fingerprint density at radius 3 is 2.79 bits per heavy atom. The first-order valence-corrected chi connectivity index (χ1v) is 4.66. The highest BCUT2D eigenvalue weighted by Gasteiger charge is 2.00. The van der Waals surface area contributed by atoms with Gasteiger partial charge in [-0.15, -0.1) is 0 Å². The highest BCUT2D eigenvalue weighted by Crippen LogP contribution is 2.12. The van der Waals surface area contributed by atoms with Crippen molar-refractivity contribution in [2.24, 2.45) is 0 Å². The number of rotatable bonds is 5. The van der Waals surface area contributed by atoms with Gasteiger partial charge in [0.25, 0.3) is 0 Å². The monoisotopic (exact) mass is 190 g/mol. The van der Waals surface area contributed by atoms with Gasteiger partial charge < -0.3 is 5.11 Å². The Morgan fingerprint density at radius 1 is 1.43 bits per heavy atom. The minimum absolute atomic E-state index is 0.228. The predicted molar refractivity (Wildman–Crippen MR) is 57.1 cm³/mol. The van der Waals surface area contributed by atoms with Crippen molar-refractivity contribution >= 4 is 12.0 Å². The van der Waals surface area contributed by atoms with Crippen LogP contribution in [0.25, 0.3) is 6.08 Å². The third-order valence-corrected chi connectivity index (χ3v) is 2.11. The van der Waals surface area contributed by atoms with E-state index in [0.717, 1.165) is 12.0 Å². The Bertz CT molecular complexity index is 329. The van der Waals surface area contributed by atoms with Gasteiger partial charge in [0.15, 0.2) is 0 Å². The lowest BCUT2D eigenvalue weighted by Crippen LogP contribution is -1.96. The van der Waals surface area contributed by atoms with Crippen molar-refractivity contribution < 1.29 is 9.90 Å². The summed E-state index contributed by atoms with van der Waals surface area (Å²) in [5.74, 6) is -0.735. The van der Waals surface area contributed by atoms with E-state index in [1.165, 1.54) is 5.56 Å². The first-order valence-electron chi connectivity index (χ1n) is 4.66. The van der Waals surface area contributed by atoms with Gasteiger partial charge in [-0.3, -0.25) is 4.79 Å². The molecule has 74 valence electrons. The van der Waals surface area contributed by atoms with E-state index in [2.05, 4.69) is 6.58 Å². The zero-order chi connectivity index (χ0) is 10.4. The summed E-state index contributed by atoms with van der Waals surface area (Å²) in [4.78, 5) is 10.3. The van der Waals surface area contributed by atoms with Gasteiger partial charge in [0.1, 0.15) is 0 Å². The number of carbonyl (C=O) groups is 1. The van der Waals surface area contributed by atoms with Crippen LogP contribution in [0.3, 0.4) is 0 Å². The summed E-state index contributed by atoms with van der Waals surface area (Å²) in [7, 11) is 0. The van der Waals surface area contributed by atoms with E-state index < -0.39 is 5.97 Å². The molecule has 0 aromatic heterocycles.